The van der Waals surface area contributed by atoms with Gasteiger partial charge in [0.1, 0.15) is 28.3 Å². The molecule has 2 amide bonds. The van der Waals surface area contributed by atoms with Crippen LogP contribution >= 0.6 is 23.2 Å². The Hall–Kier alpha value is -3.89. The maximum Gasteiger partial charge on any atom is 0.289 e. The van der Waals surface area contributed by atoms with Gasteiger partial charge in [-0.25, -0.2) is 5.43 Å². The largest absolute Gasteiger partial charge is 0.484 e. The fraction of sp³-hybridized carbons (Fsp3) is 0.174. The van der Waals surface area contributed by atoms with Gasteiger partial charge in [-0.05, 0) is 43.7 Å². The maximum absolute atomic E-state index is 12.2. The molecule has 0 bridgehead atoms. The lowest BCUT2D eigenvalue weighted by Gasteiger charge is -2.13. The second-order valence-electron chi connectivity index (χ2n) is 7.32. The first kappa shape index (κ1) is 25.7. The predicted octanol–water partition coefficient (Wildman–Crippen LogP) is 4.50. The molecule has 0 radical (unpaired) electrons. The van der Waals surface area contributed by atoms with E-state index in [0.29, 0.717) is 17.1 Å². The number of carbonyl (C=O) groups excluding carboxylic acids is 2. The number of hydrazone groups is 1. The van der Waals surface area contributed by atoms with Crippen molar-refractivity contribution < 1.29 is 23.7 Å². The van der Waals surface area contributed by atoms with Crippen LogP contribution in [0.2, 0.25) is 10.0 Å². The van der Waals surface area contributed by atoms with Gasteiger partial charge in [-0.3, -0.25) is 19.7 Å². The van der Waals surface area contributed by atoms with Crippen LogP contribution in [-0.4, -0.2) is 35.6 Å². The fourth-order valence-electron chi connectivity index (χ4n) is 2.90. The Balaban J connectivity index is 1.53. The number of amides is 2. The molecule has 1 atom stereocenters. The summed E-state index contributed by atoms with van der Waals surface area (Å²) in [5, 5.41) is 17.3. The van der Waals surface area contributed by atoms with Gasteiger partial charge >= 0.3 is 0 Å². The highest BCUT2D eigenvalue weighted by Crippen LogP contribution is 2.37. The molecule has 2 N–H and O–H groups in total. The summed E-state index contributed by atoms with van der Waals surface area (Å²) < 4.78 is 11.1. The van der Waals surface area contributed by atoms with Gasteiger partial charge in [0.15, 0.2) is 6.61 Å². The van der Waals surface area contributed by atoms with Crippen LogP contribution in [0.25, 0.3) is 11.3 Å². The van der Waals surface area contributed by atoms with Gasteiger partial charge < -0.3 is 14.5 Å². The number of halogens is 2. The fourth-order valence-corrected chi connectivity index (χ4v) is 3.38. The highest BCUT2D eigenvalue weighted by atomic mass is 35.5. The van der Waals surface area contributed by atoms with Gasteiger partial charge in [-0.15, -0.1) is 0 Å². The van der Waals surface area contributed by atoms with E-state index in [4.69, 9.17) is 32.4 Å². The van der Waals surface area contributed by atoms with Crippen LogP contribution < -0.4 is 15.5 Å². The Morgan fingerprint density at radius 3 is 2.66 bits per heavy atom. The van der Waals surface area contributed by atoms with Crippen molar-refractivity contribution in [2.24, 2.45) is 5.10 Å². The van der Waals surface area contributed by atoms with Crippen LogP contribution in [0.1, 0.15) is 18.2 Å². The Labute approximate surface area is 210 Å². The van der Waals surface area contributed by atoms with Crippen LogP contribution in [0.3, 0.4) is 0 Å². The summed E-state index contributed by atoms with van der Waals surface area (Å²) in [5.41, 5.74) is 3.23. The summed E-state index contributed by atoms with van der Waals surface area (Å²) in [6.07, 6.45) is 1.25. The van der Waals surface area contributed by atoms with Crippen molar-refractivity contribution >= 4 is 46.9 Å². The Kier molecular flexibility index (Phi) is 8.45. The minimum atomic E-state index is -0.867. The number of aryl methyl sites for hydroxylation is 1. The number of carbonyl (C=O) groups is 2. The number of nitrogens with one attached hydrogen (secondary N) is 2. The lowest BCUT2D eigenvalue weighted by atomic mass is 10.1. The predicted molar refractivity (Wildman–Crippen MR) is 131 cm³/mol. The van der Waals surface area contributed by atoms with E-state index in [2.05, 4.69) is 15.8 Å². The maximum atomic E-state index is 12.2. The van der Waals surface area contributed by atoms with Crippen molar-refractivity contribution in [2.45, 2.75) is 19.9 Å². The normalized spacial score (nSPS) is 11.8. The van der Waals surface area contributed by atoms with E-state index >= 15 is 0 Å². The molecule has 3 rings (SSSR count). The molecule has 35 heavy (non-hydrogen) atoms. The molecule has 0 aliphatic carbocycles. The van der Waals surface area contributed by atoms with Crippen LogP contribution in [0.4, 0.5) is 5.69 Å². The van der Waals surface area contributed by atoms with Gasteiger partial charge in [0.25, 0.3) is 17.5 Å². The molecule has 0 saturated heterocycles. The number of para-hydroxylation sites is 1. The number of furan rings is 1. The summed E-state index contributed by atoms with van der Waals surface area (Å²) in [7, 11) is 0. The summed E-state index contributed by atoms with van der Waals surface area (Å²) in [6.45, 7) is 3.12. The summed E-state index contributed by atoms with van der Waals surface area (Å²) in [4.78, 5) is 34.6. The molecule has 0 unspecified atom stereocenters. The van der Waals surface area contributed by atoms with Crippen molar-refractivity contribution in [1.82, 2.24) is 10.7 Å². The van der Waals surface area contributed by atoms with Gasteiger partial charge in [0.2, 0.25) is 0 Å². The zero-order valence-corrected chi connectivity index (χ0v) is 20.1. The Bertz CT molecular complexity index is 1290. The molecule has 182 valence electrons. The van der Waals surface area contributed by atoms with E-state index in [1.165, 1.54) is 19.2 Å². The average molecular weight is 519 g/mol. The first-order chi connectivity index (χ1) is 16.7. The monoisotopic (exact) mass is 518 g/mol. The average Bonchev–Trinajstić information content (AvgIpc) is 3.28. The molecule has 2 aromatic carbocycles. The summed E-state index contributed by atoms with van der Waals surface area (Å²) in [5.74, 6) is 0.138. The lowest BCUT2D eigenvalue weighted by molar-refractivity contribution is -0.384. The van der Waals surface area contributed by atoms with Crippen LogP contribution in [0.5, 0.6) is 5.75 Å². The number of nitrogens with zero attached hydrogens (tertiary/aromatic N) is 2. The lowest BCUT2D eigenvalue weighted by Crippen LogP contribution is -2.45. The summed E-state index contributed by atoms with van der Waals surface area (Å²) >= 11 is 12.1. The molecule has 1 heterocycles. The van der Waals surface area contributed by atoms with E-state index in [-0.39, 0.29) is 28.1 Å². The van der Waals surface area contributed by atoms with Crippen LogP contribution in [0, 0.1) is 17.0 Å². The molecule has 0 fully saturated rings. The minimum absolute atomic E-state index is 0.0863. The highest BCUT2D eigenvalue weighted by molar-refractivity contribution is 6.36. The zero-order chi connectivity index (χ0) is 25.5. The van der Waals surface area contributed by atoms with E-state index in [1.54, 1.807) is 24.3 Å². The first-order valence-corrected chi connectivity index (χ1v) is 11.0. The van der Waals surface area contributed by atoms with Gasteiger partial charge in [0, 0.05) is 11.6 Å². The minimum Gasteiger partial charge on any atom is -0.484 e. The standard InChI is InChI=1S/C23H20Cl2N4O6/c1-13-5-3-4-6-20(13)34-12-22(30)27-14(2)23(31)28-26-11-15-7-8-21(35-15)16-9-18(25)19(29(32)33)10-17(16)24/h3-11,14H,12H2,1-2H3,(H,27,30)(H,28,31)/b26-11+/t14-/m1/s1. The van der Waals surface area contributed by atoms with E-state index < -0.39 is 22.8 Å². The van der Waals surface area contributed by atoms with Gasteiger partial charge in [-0.2, -0.15) is 5.10 Å². The molecule has 12 heteroatoms. The Morgan fingerprint density at radius 2 is 1.94 bits per heavy atom. The highest BCUT2D eigenvalue weighted by Gasteiger charge is 2.19. The van der Waals surface area contributed by atoms with Crippen molar-refractivity contribution in [3.05, 3.63) is 80.0 Å². The third-order valence-corrected chi connectivity index (χ3v) is 5.33. The number of nitro benzene ring substituents is 1. The third kappa shape index (κ3) is 6.81. The number of ether oxygens (including phenoxy) is 1. The topological polar surface area (TPSA) is 136 Å². The van der Waals surface area contributed by atoms with Crippen molar-refractivity contribution in [2.75, 3.05) is 6.61 Å². The smallest absolute Gasteiger partial charge is 0.289 e. The van der Waals surface area contributed by atoms with Crippen LogP contribution in [0.15, 0.2) is 58.0 Å². The Morgan fingerprint density at radius 1 is 1.20 bits per heavy atom. The first-order valence-electron chi connectivity index (χ1n) is 10.2. The summed E-state index contributed by atoms with van der Waals surface area (Å²) in [6, 6.07) is 12.0. The molecule has 0 aliphatic heterocycles. The van der Waals surface area contributed by atoms with Crippen LogP contribution in [-0.2, 0) is 9.59 Å². The molecule has 0 spiro atoms. The number of hydrogen-bond acceptors (Lipinski definition) is 7. The van der Waals surface area contributed by atoms with Crippen molar-refractivity contribution in [3.8, 4) is 17.1 Å². The molecule has 0 aliphatic rings. The number of hydrogen-bond donors (Lipinski definition) is 2. The quantitative estimate of drug-likeness (QED) is 0.243. The molecular formula is C23H20Cl2N4O6. The second kappa shape index (κ2) is 11.5. The molecule has 3 aromatic rings. The SMILES string of the molecule is Cc1ccccc1OCC(=O)N[C@H](C)C(=O)N/N=C/c1ccc(-c2cc(Cl)c([N+](=O)[O-])cc2Cl)o1. The molecule has 1 aromatic heterocycles. The third-order valence-electron chi connectivity index (χ3n) is 4.72. The van der Waals surface area contributed by atoms with E-state index in [9.17, 15) is 19.7 Å². The van der Waals surface area contributed by atoms with Crippen molar-refractivity contribution in [1.29, 1.82) is 0 Å². The van der Waals surface area contributed by atoms with E-state index in [1.807, 2.05) is 19.1 Å². The van der Waals surface area contributed by atoms with Crippen molar-refractivity contribution in [3.63, 3.8) is 0 Å². The zero-order valence-electron chi connectivity index (χ0n) is 18.6. The number of rotatable bonds is 9. The number of nitro groups is 1. The molecule has 0 saturated carbocycles. The van der Waals surface area contributed by atoms with E-state index in [0.717, 1.165) is 11.6 Å². The molecule has 10 nitrogen and oxygen atoms in total. The van der Waals surface area contributed by atoms with Gasteiger partial charge in [0.05, 0.1) is 16.2 Å². The molecular weight excluding hydrogens is 499 g/mol. The number of benzene rings is 2. The second-order valence-corrected chi connectivity index (χ2v) is 8.13. The van der Waals surface area contributed by atoms with Gasteiger partial charge in [-0.1, -0.05) is 41.4 Å².